The van der Waals surface area contributed by atoms with Gasteiger partial charge in [-0.1, -0.05) is 27.2 Å². The molecule has 0 aromatic carbocycles. The Morgan fingerprint density at radius 3 is 2.55 bits per heavy atom. The van der Waals surface area contributed by atoms with Crippen LogP contribution in [0.25, 0.3) is 0 Å². The first-order valence-electron chi connectivity index (χ1n) is 8.56. The summed E-state index contributed by atoms with van der Waals surface area (Å²) in [5.41, 5.74) is 7.41. The van der Waals surface area contributed by atoms with Gasteiger partial charge in [0.2, 0.25) is 0 Å². The Balaban J connectivity index is 1.58. The second-order valence-electron chi connectivity index (χ2n) is 8.11. The first-order valence-corrected chi connectivity index (χ1v) is 8.56. The molecular formula is C17H32N2O. The molecule has 3 aliphatic rings. The van der Waals surface area contributed by atoms with E-state index in [-0.39, 0.29) is 11.0 Å². The smallest absolute Gasteiger partial charge is 0.0690 e. The highest BCUT2D eigenvalue weighted by Gasteiger charge is 2.66. The standard InChI is InChI=1S/C17H32N2O/c1-4-16(8-6-9-16)11-19-12-17(18)13-7-5-10-20-14(13)15(17,2)3/h13-14,19H,4-12,18H2,1-3H3. The summed E-state index contributed by atoms with van der Waals surface area (Å²) >= 11 is 0. The van der Waals surface area contributed by atoms with Crippen LogP contribution < -0.4 is 11.1 Å². The molecule has 2 aliphatic carbocycles. The van der Waals surface area contributed by atoms with Crippen LogP contribution in [0.15, 0.2) is 0 Å². The fourth-order valence-corrected chi connectivity index (χ4v) is 4.89. The largest absolute Gasteiger partial charge is 0.377 e. The molecule has 3 nitrogen and oxygen atoms in total. The summed E-state index contributed by atoms with van der Waals surface area (Å²) in [5.74, 6) is 0.553. The summed E-state index contributed by atoms with van der Waals surface area (Å²) in [7, 11) is 0. The molecule has 0 spiro atoms. The van der Waals surface area contributed by atoms with Crippen molar-refractivity contribution in [1.82, 2.24) is 5.32 Å². The molecule has 2 saturated carbocycles. The minimum absolute atomic E-state index is 0.0865. The quantitative estimate of drug-likeness (QED) is 0.814. The van der Waals surface area contributed by atoms with Gasteiger partial charge in [-0.25, -0.2) is 0 Å². The van der Waals surface area contributed by atoms with Crippen molar-refractivity contribution in [3.63, 3.8) is 0 Å². The van der Waals surface area contributed by atoms with Gasteiger partial charge in [0.1, 0.15) is 0 Å². The van der Waals surface area contributed by atoms with E-state index in [1.165, 1.54) is 38.5 Å². The maximum atomic E-state index is 6.82. The molecule has 3 heteroatoms. The Labute approximate surface area is 124 Å². The molecule has 116 valence electrons. The van der Waals surface area contributed by atoms with E-state index >= 15 is 0 Å². The van der Waals surface area contributed by atoms with E-state index in [2.05, 4.69) is 26.1 Å². The molecule has 3 unspecified atom stereocenters. The van der Waals surface area contributed by atoms with Crippen LogP contribution in [0, 0.1) is 16.7 Å². The molecule has 3 fully saturated rings. The number of fused-ring (bicyclic) bond motifs is 1. The third kappa shape index (κ3) is 1.97. The predicted octanol–water partition coefficient (Wildman–Crippen LogP) is 2.69. The minimum Gasteiger partial charge on any atom is -0.377 e. The molecule has 0 radical (unpaired) electrons. The molecule has 0 aromatic heterocycles. The van der Waals surface area contributed by atoms with E-state index in [0.29, 0.717) is 17.4 Å². The summed E-state index contributed by atoms with van der Waals surface area (Å²) in [5, 5.41) is 3.73. The fourth-order valence-electron chi connectivity index (χ4n) is 4.89. The molecule has 3 atom stereocenters. The fraction of sp³-hybridized carbons (Fsp3) is 1.00. The lowest BCUT2D eigenvalue weighted by Crippen LogP contribution is -2.80. The van der Waals surface area contributed by atoms with Gasteiger partial charge < -0.3 is 15.8 Å². The zero-order valence-electron chi connectivity index (χ0n) is 13.5. The monoisotopic (exact) mass is 280 g/mol. The van der Waals surface area contributed by atoms with Gasteiger partial charge in [0.05, 0.1) is 6.10 Å². The number of nitrogens with one attached hydrogen (secondary N) is 1. The highest BCUT2D eigenvalue weighted by molar-refractivity contribution is 5.20. The van der Waals surface area contributed by atoms with Crippen LogP contribution >= 0.6 is 0 Å². The average molecular weight is 280 g/mol. The van der Waals surface area contributed by atoms with Gasteiger partial charge in [0.15, 0.2) is 0 Å². The predicted molar refractivity (Wildman–Crippen MR) is 82.6 cm³/mol. The minimum atomic E-state index is -0.0865. The summed E-state index contributed by atoms with van der Waals surface area (Å²) in [6.07, 6.45) is 8.30. The lowest BCUT2D eigenvalue weighted by atomic mass is 9.46. The second-order valence-corrected chi connectivity index (χ2v) is 8.11. The summed E-state index contributed by atoms with van der Waals surface area (Å²) in [6, 6.07) is 0. The van der Waals surface area contributed by atoms with Crippen molar-refractivity contribution in [2.45, 2.75) is 70.9 Å². The molecule has 3 N–H and O–H groups in total. The van der Waals surface area contributed by atoms with Crippen molar-refractivity contribution in [2.24, 2.45) is 22.5 Å². The Morgan fingerprint density at radius 1 is 1.20 bits per heavy atom. The van der Waals surface area contributed by atoms with Crippen LogP contribution in [-0.2, 0) is 4.74 Å². The average Bonchev–Trinajstić information content (AvgIpc) is 2.41. The maximum absolute atomic E-state index is 6.82. The molecule has 0 aromatic rings. The maximum Gasteiger partial charge on any atom is 0.0690 e. The third-order valence-corrected chi connectivity index (χ3v) is 6.98. The van der Waals surface area contributed by atoms with Gasteiger partial charge in [-0.05, 0) is 37.5 Å². The molecule has 0 bridgehead atoms. The van der Waals surface area contributed by atoms with Crippen molar-refractivity contribution in [1.29, 1.82) is 0 Å². The number of hydrogen-bond acceptors (Lipinski definition) is 3. The van der Waals surface area contributed by atoms with Crippen LogP contribution in [-0.4, -0.2) is 31.3 Å². The van der Waals surface area contributed by atoms with Crippen molar-refractivity contribution in [3.05, 3.63) is 0 Å². The molecule has 1 saturated heterocycles. The van der Waals surface area contributed by atoms with Gasteiger partial charge in [-0.2, -0.15) is 0 Å². The van der Waals surface area contributed by atoms with Gasteiger partial charge in [-0.3, -0.25) is 0 Å². The summed E-state index contributed by atoms with van der Waals surface area (Å²) in [6.45, 7) is 9.94. The van der Waals surface area contributed by atoms with Crippen molar-refractivity contribution in [3.8, 4) is 0 Å². The zero-order chi connectivity index (χ0) is 14.4. The number of rotatable bonds is 5. The topological polar surface area (TPSA) is 47.3 Å². The van der Waals surface area contributed by atoms with E-state index < -0.39 is 0 Å². The molecule has 0 amide bonds. The Kier molecular flexibility index (Phi) is 3.67. The number of hydrogen-bond donors (Lipinski definition) is 2. The summed E-state index contributed by atoms with van der Waals surface area (Å²) in [4.78, 5) is 0. The Morgan fingerprint density at radius 2 is 1.95 bits per heavy atom. The van der Waals surface area contributed by atoms with Crippen LogP contribution in [0.3, 0.4) is 0 Å². The van der Waals surface area contributed by atoms with Crippen LogP contribution in [0.2, 0.25) is 0 Å². The van der Waals surface area contributed by atoms with Gasteiger partial charge in [-0.15, -0.1) is 0 Å². The van der Waals surface area contributed by atoms with Gasteiger partial charge in [0, 0.05) is 36.6 Å². The van der Waals surface area contributed by atoms with E-state index in [9.17, 15) is 0 Å². The number of ether oxygens (including phenoxy) is 1. The SMILES string of the molecule is CCC1(CNCC2(N)C3CCCOC3C2(C)C)CCC1. The van der Waals surface area contributed by atoms with Gasteiger partial charge >= 0.3 is 0 Å². The lowest BCUT2D eigenvalue weighted by molar-refractivity contribution is -0.226. The van der Waals surface area contributed by atoms with E-state index in [1.54, 1.807) is 0 Å². The molecular weight excluding hydrogens is 248 g/mol. The van der Waals surface area contributed by atoms with E-state index in [4.69, 9.17) is 10.5 Å². The molecule has 3 rings (SSSR count). The lowest BCUT2D eigenvalue weighted by Gasteiger charge is -2.67. The Bertz CT molecular complexity index is 358. The van der Waals surface area contributed by atoms with E-state index in [1.807, 2.05) is 0 Å². The second kappa shape index (κ2) is 4.96. The van der Waals surface area contributed by atoms with Crippen molar-refractivity contribution >= 4 is 0 Å². The first-order chi connectivity index (χ1) is 9.45. The summed E-state index contributed by atoms with van der Waals surface area (Å²) < 4.78 is 5.98. The van der Waals surface area contributed by atoms with Crippen molar-refractivity contribution < 1.29 is 4.74 Å². The first kappa shape index (κ1) is 14.8. The molecule has 1 aliphatic heterocycles. The normalized spacial score (nSPS) is 41.4. The molecule has 20 heavy (non-hydrogen) atoms. The highest BCUT2D eigenvalue weighted by atomic mass is 16.5. The van der Waals surface area contributed by atoms with E-state index in [0.717, 1.165) is 19.7 Å². The molecule has 1 heterocycles. The van der Waals surface area contributed by atoms with Crippen LogP contribution in [0.4, 0.5) is 0 Å². The van der Waals surface area contributed by atoms with Crippen LogP contribution in [0.5, 0.6) is 0 Å². The third-order valence-electron chi connectivity index (χ3n) is 6.98. The zero-order valence-corrected chi connectivity index (χ0v) is 13.5. The van der Waals surface area contributed by atoms with Crippen LogP contribution in [0.1, 0.15) is 59.3 Å². The number of nitrogens with two attached hydrogens (primary N) is 1. The highest BCUT2D eigenvalue weighted by Crippen LogP contribution is 2.57. The van der Waals surface area contributed by atoms with Crippen molar-refractivity contribution in [2.75, 3.05) is 19.7 Å². The Hall–Kier alpha value is -0.120. The van der Waals surface area contributed by atoms with Gasteiger partial charge in [0.25, 0.3) is 0 Å².